The fourth-order valence-corrected chi connectivity index (χ4v) is 1.25. The summed E-state index contributed by atoms with van der Waals surface area (Å²) in [5.41, 5.74) is -2.25. The second kappa shape index (κ2) is 6.14. The number of benzene rings is 1. The van der Waals surface area contributed by atoms with E-state index < -0.39 is 39.5 Å². The molecule has 0 unspecified atom stereocenters. The molecule has 6 nitrogen and oxygen atoms in total. The summed E-state index contributed by atoms with van der Waals surface area (Å²) in [6.45, 7) is 0.0979. The maximum absolute atomic E-state index is 13.3. The molecular formula is C10H9F3N2O4. The number of nitro groups is 1. The van der Waals surface area contributed by atoms with E-state index >= 15 is 0 Å². The van der Waals surface area contributed by atoms with Gasteiger partial charge in [0, 0.05) is 19.7 Å². The zero-order valence-electron chi connectivity index (χ0n) is 9.71. The van der Waals surface area contributed by atoms with Crippen molar-refractivity contribution in [3.63, 3.8) is 0 Å². The van der Waals surface area contributed by atoms with E-state index in [-0.39, 0.29) is 13.2 Å². The van der Waals surface area contributed by atoms with Gasteiger partial charge in [-0.15, -0.1) is 0 Å². The van der Waals surface area contributed by atoms with Crippen molar-refractivity contribution < 1.29 is 27.6 Å². The Morgan fingerprint density at radius 2 is 2.00 bits per heavy atom. The van der Waals surface area contributed by atoms with Crippen molar-refractivity contribution in [2.75, 3.05) is 20.3 Å². The first-order chi connectivity index (χ1) is 8.90. The highest BCUT2D eigenvalue weighted by atomic mass is 19.2. The Morgan fingerprint density at radius 3 is 2.53 bits per heavy atom. The number of rotatable bonds is 5. The Bertz CT molecular complexity index is 522. The Kier molecular flexibility index (Phi) is 4.81. The van der Waals surface area contributed by atoms with Crippen LogP contribution in [-0.4, -0.2) is 31.1 Å². The largest absolute Gasteiger partial charge is 0.383 e. The minimum atomic E-state index is -2.06. The Hall–Kier alpha value is -2.16. The van der Waals surface area contributed by atoms with Crippen LogP contribution in [0.25, 0.3) is 0 Å². The molecule has 1 aromatic carbocycles. The average Bonchev–Trinajstić information content (AvgIpc) is 2.36. The molecule has 0 aromatic heterocycles. The molecule has 0 fully saturated rings. The van der Waals surface area contributed by atoms with E-state index in [1.807, 2.05) is 0 Å². The molecule has 0 heterocycles. The molecule has 0 bridgehead atoms. The van der Waals surface area contributed by atoms with E-state index in [9.17, 15) is 28.1 Å². The molecule has 0 aliphatic carbocycles. The summed E-state index contributed by atoms with van der Waals surface area (Å²) in [6.07, 6.45) is 0. The van der Waals surface area contributed by atoms with Gasteiger partial charge in [-0.1, -0.05) is 0 Å². The maximum Gasteiger partial charge on any atom is 0.308 e. The van der Waals surface area contributed by atoms with Gasteiger partial charge < -0.3 is 10.1 Å². The average molecular weight is 278 g/mol. The first-order valence-electron chi connectivity index (χ1n) is 4.99. The number of nitro benzene ring substituents is 1. The van der Waals surface area contributed by atoms with E-state index in [1.54, 1.807) is 0 Å². The van der Waals surface area contributed by atoms with Crippen LogP contribution in [0.3, 0.4) is 0 Å². The molecule has 1 aromatic rings. The fraction of sp³-hybridized carbons (Fsp3) is 0.300. The van der Waals surface area contributed by atoms with Crippen molar-refractivity contribution in [1.29, 1.82) is 0 Å². The van der Waals surface area contributed by atoms with Crippen molar-refractivity contribution in [2.24, 2.45) is 0 Å². The first-order valence-corrected chi connectivity index (χ1v) is 4.99. The summed E-state index contributed by atoms with van der Waals surface area (Å²) in [4.78, 5) is 20.7. The lowest BCUT2D eigenvalue weighted by Crippen LogP contribution is -2.28. The number of hydrogen-bond acceptors (Lipinski definition) is 4. The highest BCUT2D eigenvalue weighted by Gasteiger charge is 2.28. The zero-order valence-corrected chi connectivity index (χ0v) is 9.71. The van der Waals surface area contributed by atoms with Gasteiger partial charge in [0.2, 0.25) is 11.6 Å². The molecule has 0 saturated heterocycles. The summed E-state index contributed by atoms with van der Waals surface area (Å²) in [7, 11) is 1.36. The zero-order chi connectivity index (χ0) is 14.6. The molecule has 0 spiro atoms. The van der Waals surface area contributed by atoms with Crippen LogP contribution >= 0.6 is 0 Å². The monoisotopic (exact) mass is 278 g/mol. The SMILES string of the molecule is COCCNC(=O)c1cc([N+](=O)[O-])c(F)c(F)c1F. The minimum absolute atomic E-state index is 0.0123. The van der Waals surface area contributed by atoms with E-state index in [2.05, 4.69) is 10.1 Å². The van der Waals surface area contributed by atoms with Crippen LogP contribution in [0.1, 0.15) is 10.4 Å². The van der Waals surface area contributed by atoms with E-state index in [1.165, 1.54) is 7.11 Å². The van der Waals surface area contributed by atoms with E-state index in [4.69, 9.17) is 0 Å². The second-order valence-corrected chi connectivity index (χ2v) is 3.39. The third-order valence-corrected chi connectivity index (χ3v) is 2.16. The highest BCUT2D eigenvalue weighted by Crippen LogP contribution is 2.25. The van der Waals surface area contributed by atoms with Gasteiger partial charge in [-0.3, -0.25) is 14.9 Å². The summed E-state index contributed by atoms with van der Waals surface area (Å²) >= 11 is 0. The molecule has 0 radical (unpaired) electrons. The van der Waals surface area contributed by atoms with Gasteiger partial charge >= 0.3 is 5.69 Å². The fourth-order valence-electron chi connectivity index (χ4n) is 1.25. The highest BCUT2D eigenvalue weighted by molar-refractivity contribution is 5.95. The Morgan fingerprint density at radius 1 is 1.37 bits per heavy atom. The van der Waals surface area contributed by atoms with Crippen LogP contribution in [0.5, 0.6) is 0 Å². The number of methoxy groups -OCH3 is 1. The van der Waals surface area contributed by atoms with Crippen molar-refractivity contribution in [3.8, 4) is 0 Å². The lowest BCUT2D eigenvalue weighted by molar-refractivity contribution is -0.387. The smallest absolute Gasteiger partial charge is 0.308 e. The number of carbonyl (C=O) groups excluding carboxylic acids is 1. The second-order valence-electron chi connectivity index (χ2n) is 3.39. The van der Waals surface area contributed by atoms with Crippen LogP contribution in [-0.2, 0) is 4.74 Å². The summed E-state index contributed by atoms with van der Waals surface area (Å²) in [6, 6.07) is 0.343. The lowest BCUT2D eigenvalue weighted by atomic mass is 10.1. The van der Waals surface area contributed by atoms with Gasteiger partial charge in [-0.05, 0) is 0 Å². The molecule has 19 heavy (non-hydrogen) atoms. The molecule has 0 saturated carbocycles. The summed E-state index contributed by atoms with van der Waals surface area (Å²) < 4.78 is 44.1. The van der Waals surface area contributed by atoms with Gasteiger partial charge in [0.25, 0.3) is 5.91 Å². The van der Waals surface area contributed by atoms with Crippen LogP contribution in [0.2, 0.25) is 0 Å². The maximum atomic E-state index is 13.3. The molecule has 1 N–H and O–H groups in total. The Labute approximate surface area is 105 Å². The molecule has 1 amide bonds. The molecule has 104 valence electrons. The molecule has 1 rings (SSSR count). The lowest BCUT2D eigenvalue weighted by Gasteiger charge is -2.06. The van der Waals surface area contributed by atoms with E-state index in [0.29, 0.717) is 6.07 Å². The molecule has 0 aliphatic rings. The number of nitrogens with one attached hydrogen (secondary N) is 1. The van der Waals surface area contributed by atoms with Gasteiger partial charge in [-0.2, -0.15) is 4.39 Å². The predicted molar refractivity (Wildman–Crippen MR) is 57.2 cm³/mol. The number of carbonyl (C=O) groups is 1. The normalized spacial score (nSPS) is 10.3. The standard InChI is InChI=1S/C10H9F3N2O4/c1-19-3-2-14-10(16)5-4-6(15(17)18)8(12)9(13)7(5)11/h4H,2-3H2,1H3,(H,14,16). The van der Waals surface area contributed by atoms with Gasteiger partial charge in [0.1, 0.15) is 0 Å². The van der Waals surface area contributed by atoms with E-state index in [0.717, 1.165) is 0 Å². The predicted octanol–water partition coefficient (Wildman–Crippen LogP) is 1.39. The third kappa shape index (κ3) is 3.19. The number of hydrogen-bond donors (Lipinski definition) is 1. The van der Waals surface area contributed by atoms with Crippen LogP contribution < -0.4 is 5.32 Å². The van der Waals surface area contributed by atoms with Gasteiger partial charge in [0.15, 0.2) is 5.82 Å². The van der Waals surface area contributed by atoms with Crippen LogP contribution in [0.4, 0.5) is 18.9 Å². The summed E-state index contributed by atoms with van der Waals surface area (Å²) in [5.74, 6) is -6.89. The quantitative estimate of drug-likeness (QED) is 0.382. The number of halogens is 3. The van der Waals surface area contributed by atoms with Gasteiger partial charge in [0.05, 0.1) is 17.1 Å². The number of amides is 1. The van der Waals surface area contributed by atoms with Crippen molar-refractivity contribution in [3.05, 3.63) is 39.2 Å². The van der Waals surface area contributed by atoms with Crippen molar-refractivity contribution in [2.45, 2.75) is 0 Å². The molecule has 9 heteroatoms. The van der Waals surface area contributed by atoms with Crippen LogP contribution in [0, 0.1) is 27.6 Å². The summed E-state index contributed by atoms with van der Waals surface area (Å²) in [5, 5.41) is 12.6. The Balaban J connectivity index is 3.14. The third-order valence-electron chi connectivity index (χ3n) is 2.16. The topological polar surface area (TPSA) is 81.5 Å². The van der Waals surface area contributed by atoms with Crippen molar-refractivity contribution >= 4 is 11.6 Å². The molecular weight excluding hydrogens is 269 g/mol. The minimum Gasteiger partial charge on any atom is -0.383 e. The first kappa shape index (κ1) is 14.9. The van der Waals surface area contributed by atoms with Gasteiger partial charge in [-0.25, -0.2) is 8.78 Å². The molecule has 0 aliphatic heterocycles. The number of ether oxygens (including phenoxy) is 1. The van der Waals surface area contributed by atoms with Crippen molar-refractivity contribution in [1.82, 2.24) is 5.32 Å². The van der Waals surface area contributed by atoms with Crippen LogP contribution in [0.15, 0.2) is 6.07 Å². The number of nitrogens with zero attached hydrogens (tertiary/aromatic N) is 1. The molecule has 0 atom stereocenters.